The minimum Gasteiger partial charge on any atom is -0.451 e. The van der Waals surface area contributed by atoms with E-state index in [0.29, 0.717) is 142 Å². The lowest BCUT2D eigenvalue weighted by atomic mass is 9.83. The Kier molecular flexibility index (Phi) is 28.2. The van der Waals surface area contributed by atoms with Crippen molar-refractivity contribution >= 4 is 173 Å². The molecule has 678 valence electrons. The Hall–Kier alpha value is -14.7. The van der Waals surface area contributed by atoms with Gasteiger partial charge in [0.25, 0.3) is 38.0 Å². The van der Waals surface area contributed by atoms with Crippen LogP contribution < -0.4 is 41.5 Å². The first-order valence-electron chi connectivity index (χ1n) is 43.1. The van der Waals surface area contributed by atoms with Crippen molar-refractivity contribution in [1.29, 1.82) is 0 Å². The number of benzene rings is 12. The number of aromatic nitrogens is 2. The number of halogens is 2. The second-order valence-electron chi connectivity index (χ2n) is 32.0. The van der Waals surface area contributed by atoms with Crippen molar-refractivity contribution in [2.24, 2.45) is 9.98 Å². The Morgan fingerprint density at radius 1 is 0.463 bits per heavy atom. The van der Waals surface area contributed by atoms with Gasteiger partial charge in [0, 0.05) is 118 Å². The summed E-state index contributed by atoms with van der Waals surface area (Å²) in [6.45, 7) is 17.8. The van der Waals surface area contributed by atoms with E-state index in [1.807, 2.05) is 165 Å². The predicted molar refractivity (Wildman–Crippen MR) is 522 cm³/mol. The van der Waals surface area contributed by atoms with Crippen molar-refractivity contribution in [2.45, 2.75) is 73.9 Å². The quantitative estimate of drug-likeness (QED) is 0.0435. The maximum Gasteiger partial charge on any atom is 0.261 e. The highest BCUT2D eigenvalue weighted by molar-refractivity contribution is 7.85. The lowest BCUT2D eigenvalue weighted by molar-refractivity contribution is -0.119. The molecule has 0 saturated carbocycles. The molecule has 0 bridgehead atoms. The number of ketones is 4. The van der Waals surface area contributed by atoms with Crippen molar-refractivity contribution in [3.8, 4) is 23.0 Å². The molecule has 3 aliphatic carbocycles. The molecule has 7 aliphatic rings. The number of fused-ring (bicyclic) bond motifs is 14. The van der Waals surface area contributed by atoms with E-state index in [4.69, 9.17) is 51.8 Å². The smallest absolute Gasteiger partial charge is 0.261 e. The Bertz CT molecular complexity index is 7170. The number of Topliss-reactive ketones (excluding diaryl/α,β-unsaturated/α-hetero) is 2. The number of allylic oxidation sites excluding steroid dienone is 2. The van der Waals surface area contributed by atoms with Gasteiger partial charge in [-0.3, -0.25) is 47.5 Å². The van der Waals surface area contributed by atoms with E-state index < -0.39 is 20.2 Å². The molecular weight excluding hydrogens is 1780 g/mol. The lowest BCUT2D eigenvalue weighted by Gasteiger charge is -2.21. The van der Waals surface area contributed by atoms with Gasteiger partial charge in [-0.15, -0.1) is 0 Å². The van der Waals surface area contributed by atoms with Gasteiger partial charge in [0.05, 0.1) is 57.2 Å². The van der Waals surface area contributed by atoms with E-state index in [9.17, 15) is 55.2 Å². The largest absolute Gasteiger partial charge is 0.451 e. The van der Waals surface area contributed by atoms with Crippen LogP contribution in [0.2, 0.25) is 10.0 Å². The van der Waals surface area contributed by atoms with Crippen LogP contribution in [-0.4, -0.2) is 125 Å². The zero-order chi connectivity index (χ0) is 95.1. The standard InChI is InChI=1S/C34H22Cl2N4O2.C22H15NO3.2C19H13NO2.C9H20N2O.2CH4O3S/c1-3-39-23-11-7-5-9-17(23)19-13-21-27(15-25(19)39)41-33-29(35)32-34(30(36)31(33)37-21)42-28-16-26-20(14-22(28)38-32)18-10-6-8-12-24(18)40(26)4-2;1-13-6-9-15(10-7-13)23-22(26)14-8-11-18-19(12-14)21(25)17-5-3-2-4-16(17)20(18)24;2*21-15-11-14(12-7-3-1-4-8-12)16-17(15)18(20-19(16)22)13-9-5-2-6-10-13;1-4-11(5-2)8-6-7-10-9(3)12;2*1-5(2,3)4/h5-16H,3-4H2,1-2H3;2-12H,1H3,(H,23,26);2*1-10H,11H2,(H,20,22);4-8H2,1-3H3,(H,10,12);2*1H3,(H,2,3,4). The zero-order valence-electron chi connectivity index (χ0n) is 74.1. The van der Waals surface area contributed by atoms with E-state index in [-0.39, 0.29) is 52.3 Å². The fourth-order valence-electron chi connectivity index (χ4n) is 17.0. The van der Waals surface area contributed by atoms with Gasteiger partial charge >= 0.3 is 0 Å². The molecular formula is C105H91Cl2N9O16S2. The van der Waals surface area contributed by atoms with Gasteiger partial charge < -0.3 is 44.8 Å². The Morgan fingerprint density at radius 3 is 1.25 bits per heavy atom. The van der Waals surface area contributed by atoms with Crippen LogP contribution in [-0.2, 0) is 57.3 Å². The molecule has 12 aromatic carbocycles. The molecule has 6 heterocycles. The van der Waals surface area contributed by atoms with Gasteiger partial charge in [0.15, 0.2) is 46.1 Å². The highest BCUT2D eigenvalue weighted by Crippen LogP contribution is 2.49. The number of anilines is 1. The van der Waals surface area contributed by atoms with Crippen LogP contribution in [0, 0.1) is 6.92 Å². The van der Waals surface area contributed by atoms with E-state index in [1.54, 1.807) is 43.3 Å². The highest BCUT2D eigenvalue weighted by Gasteiger charge is 2.42. The molecule has 0 spiro atoms. The van der Waals surface area contributed by atoms with Gasteiger partial charge in [-0.05, 0) is 135 Å². The Balaban J connectivity index is 0.000000130. The van der Waals surface area contributed by atoms with Crippen molar-refractivity contribution in [3.05, 3.63) is 360 Å². The molecule has 0 fully saturated rings. The Morgan fingerprint density at radius 2 is 0.843 bits per heavy atom. The SMILES string of the molecule is CCN(CC)CCCNC(C)=O.CCn1c2ccccc2c2cc3c(cc21)Oc1c(Cl)c2c(c(Cl)c1=N3)Oc1cc3c(cc1N=2)c1ccccc1n3CC.CS(=O)(=O)O.CS(=O)(=O)O.Cc1ccc(NC(=O)c2ccc3c(c2)C(=O)c2ccccc2C3=O)cc1.O=C1CC(c2ccccc2)=C2C(=O)NC(c3ccccc3)=C12.O=C1CC(c2ccccc2)=C2C(=O)NC(c3ccccc3)=C12. The first-order valence-corrected chi connectivity index (χ1v) is 47.6. The first-order chi connectivity index (χ1) is 64.3. The molecule has 25 nitrogen and oxygen atoms in total. The molecule has 0 atom stereocenters. The maximum absolute atomic E-state index is 12.7. The maximum atomic E-state index is 12.7. The van der Waals surface area contributed by atoms with E-state index >= 15 is 0 Å². The topological polar surface area (TPSA) is 350 Å². The van der Waals surface area contributed by atoms with Crippen LogP contribution >= 0.6 is 23.2 Å². The van der Waals surface area contributed by atoms with E-state index in [2.05, 4.69) is 124 Å². The van der Waals surface area contributed by atoms with Crippen molar-refractivity contribution in [3.63, 3.8) is 0 Å². The molecule has 2 aromatic heterocycles. The summed E-state index contributed by atoms with van der Waals surface area (Å²) >= 11 is 14.0. The molecule has 0 radical (unpaired) electrons. The second-order valence-corrected chi connectivity index (χ2v) is 35.7. The fourth-order valence-corrected chi connectivity index (χ4v) is 17.5. The summed E-state index contributed by atoms with van der Waals surface area (Å²) in [7, 11) is -7.33. The number of para-hydroxylation sites is 2. The third kappa shape index (κ3) is 20.2. The van der Waals surface area contributed by atoms with E-state index in [1.165, 1.54) is 27.9 Å². The minimum atomic E-state index is -3.67. The van der Waals surface area contributed by atoms with Gasteiger partial charge in [-0.2, -0.15) is 16.8 Å². The Labute approximate surface area is 782 Å². The summed E-state index contributed by atoms with van der Waals surface area (Å²) in [5.41, 5.74) is 18.0. The first kappa shape index (κ1) is 94.0. The van der Waals surface area contributed by atoms with Crippen LogP contribution in [0.4, 0.5) is 17.1 Å². The van der Waals surface area contributed by atoms with Gasteiger partial charge in [-0.1, -0.05) is 237 Å². The van der Waals surface area contributed by atoms with Gasteiger partial charge in [-0.25, -0.2) is 9.98 Å². The molecule has 4 aliphatic heterocycles. The number of carbonyl (C=O) groups is 8. The monoisotopic (exact) mass is 1870 g/mol. The van der Waals surface area contributed by atoms with Crippen molar-refractivity contribution in [2.75, 3.05) is 44.0 Å². The summed E-state index contributed by atoms with van der Waals surface area (Å²) in [5.74, 6) is 0.963. The fraction of sp³-hybridized carbons (Fsp3) is 0.162. The minimum absolute atomic E-state index is 0.00561. The summed E-state index contributed by atoms with van der Waals surface area (Å²) in [5, 5.41) is 17.4. The number of ether oxygens (including phenoxy) is 2. The molecule has 14 aromatic rings. The molecule has 21 rings (SSSR count). The van der Waals surface area contributed by atoms with Crippen molar-refractivity contribution < 1.29 is 73.8 Å². The van der Waals surface area contributed by atoms with Gasteiger partial charge in [0.1, 0.15) is 32.1 Å². The van der Waals surface area contributed by atoms with E-state index in [0.717, 1.165) is 106 Å². The van der Waals surface area contributed by atoms with Crippen LogP contribution in [0.1, 0.15) is 124 Å². The van der Waals surface area contributed by atoms with Crippen LogP contribution in [0.5, 0.6) is 23.0 Å². The molecule has 134 heavy (non-hydrogen) atoms. The summed E-state index contributed by atoms with van der Waals surface area (Å²) < 4.78 is 69.2. The number of rotatable bonds is 14. The molecule has 6 N–H and O–H groups in total. The number of nitrogens with one attached hydrogen (secondary N) is 4. The van der Waals surface area contributed by atoms with Gasteiger partial charge in [0.2, 0.25) is 5.91 Å². The second kappa shape index (κ2) is 40.2. The number of aryl methyl sites for hydroxylation is 3. The number of nitrogens with zero attached hydrogens (tertiary/aromatic N) is 5. The molecule has 4 amide bonds. The average molecular weight is 1870 g/mol. The van der Waals surface area contributed by atoms with Crippen LogP contribution in [0.25, 0.3) is 66.2 Å². The summed E-state index contributed by atoms with van der Waals surface area (Å²) in [4.78, 5) is 110. The van der Waals surface area contributed by atoms with Crippen molar-refractivity contribution in [1.82, 2.24) is 30.0 Å². The molecule has 0 saturated heterocycles. The number of amides is 4. The molecule has 0 unspecified atom stereocenters. The highest BCUT2D eigenvalue weighted by atomic mass is 35.5. The third-order valence-corrected chi connectivity index (χ3v) is 23.7. The lowest BCUT2D eigenvalue weighted by Crippen LogP contribution is -2.28. The average Bonchev–Trinajstić information content (AvgIpc) is 1.31. The summed E-state index contributed by atoms with van der Waals surface area (Å²) in [6.07, 6.45) is 3.05. The van der Waals surface area contributed by atoms with Crippen LogP contribution in [0.15, 0.2) is 293 Å². The normalized spacial score (nSPS) is 13.9. The number of hydrogen-bond acceptors (Lipinski definition) is 17. The van der Waals surface area contributed by atoms with Crippen LogP contribution in [0.3, 0.4) is 0 Å². The third-order valence-electron chi connectivity index (χ3n) is 23.0. The summed E-state index contributed by atoms with van der Waals surface area (Å²) in [6, 6.07) is 82.0. The number of hydrogen-bond donors (Lipinski definition) is 6. The molecule has 29 heteroatoms. The predicted octanol–water partition coefficient (Wildman–Crippen LogP) is 19.2. The zero-order valence-corrected chi connectivity index (χ0v) is 77.3. The number of carbonyl (C=O) groups excluding carboxylic acids is 8.